The zero-order valence-electron chi connectivity index (χ0n) is 11.1. The Balaban J connectivity index is 2.62. The summed E-state index contributed by atoms with van der Waals surface area (Å²) < 4.78 is 0. The summed E-state index contributed by atoms with van der Waals surface area (Å²) >= 11 is 0. The summed E-state index contributed by atoms with van der Waals surface area (Å²) in [6.45, 7) is 10.8. The molecule has 1 nitrogen and oxygen atoms in total. The van der Waals surface area contributed by atoms with E-state index in [2.05, 4.69) is 32.0 Å². The first-order valence-corrected chi connectivity index (χ1v) is 10.2. The highest BCUT2D eigenvalue weighted by molar-refractivity contribution is 6.76. The number of aliphatic hydroxyl groups excluding tert-OH is 1. The van der Waals surface area contributed by atoms with Gasteiger partial charge in [0.2, 0.25) is 0 Å². The predicted octanol–water partition coefficient (Wildman–Crippen LogP) is 3.98. The van der Waals surface area contributed by atoms with Gasteiger partial charge in [0.25, 0.3) is 0 Å². The van der Waals surface area contributed by atoms with Crippen LogP contribution in [0, 0.1) is 5.92 Å². The van der Waals surface area contributed by atoms with Crippen molar-refractivity contribution >= 4 is 8.07 Å². The highest BCUT2D eigenvalue weighted by atomic mass is 28.3. The number of rotatable bonds is 4. The van der Waals surface area contributed by atoms with Gasteiger partial charge in [-0.25, -0.2) is 0 Å². The molecular formula is C14H26OSi. The molecule has 1 aliphatic rings. The van der Waals surface area contributed by atoms with E-state index in [1.54, 1.807) is 0 Å². The Kier molecular flexibility index (Phi) is 5.04. The van der Waals surface area contributed by atoms with Crippen molar-refractivity contribution in [1.29, 1.82) is 0 Å². The van der Waals surface area contributed by atoms with Gasteiger partial charge >= 0.3 is 0 Å². The molecule has 0 bridgehead atoms. The second-order valence-corrected chi connectivity index (χ2v) is 11.8. The second-order valence-electron chi connectivity index (χ2n) is 6.28. The molecule has 0 amide bonds. The van der Waals surface area contributed by atoms with Crippen LogP contribution < -0.4 is 0 Å². The van der Waals surface area contributed by atoms with E-state index in [-0.39, 0.29) is 6.10 Å². The molecule has 0 unspecified atom stereocenters. The number of hydrogen-bond donors (Lipinski definition) is 1. The maximum Gasteiger partial charge on any atom is 0.0848 e. The molecular weight excluding hydrogens is 212 g/mol. The van der Waals surface area contributed by atoms with Gasteiger partial charge in [-0.2, -0.15) is 0 Å². The topological polar surface area (TPSA) is 20.2 Å². The molecule has 0 aromatic carbocycles. The van der Waals surface area contributed by atoms with E-state index >= 15 is 0 Å². The fourth-order valence-electron chi connectivity index (χ4n) is 2.58. The van der Waals surface area contributed by atoms with Gasteiger partial charge in [0.15, 0.2) is 0 Å². The third kappa shape index (κ3) is 4.29. The highest BCUT2D eigenvalue weighted by Gasteiger charge is 2.27. The van der Waals surface area contributed by atoms with Crippen LogP contribution in [0.5, 0.6) is 0 Å². The molecule has 1 rings (SSSR count). The van der Waals surface area contributed by atoms with E-state index in [9.17, 15) is 5.11 Å². The molecule has 92 valence electrons. The van der Waals surface area contributed by atoms with E-state index in [0.29, 0.717) is 5.92 Å². The van der Waals surface area contributed by atoms with Crippen LogP contribution in [0.15, 0.2) is 17.9 Å². The molecule has 1 atom stereocenters. The number of aliphatic hydroxyl groups is 1. The molecule has 16 heavy (non-hydrogen) atoms. The lowest BCUT2D eigenvalue weighted by atomic mass is 9.83. The lowest BCUT2D eigenvalue weighted by Crippen LogP contribution is -2.29. The Bertz CT molecular complexity index is 265. The summed E-state index contributed by atoms with van der Waals surface area (Å²) in [4.78, 5) is 0. The average molecular weight is 238 g/mol. The predicted molar refractivity (Wildman–Crippen MR) is 73.4 cm³/mol. The fourth-order valence-corrected chi connectivity index (χ4v) is 4.05. The van der Waals surface area contributed by atoms with Crippen LogP contribution in [0.25, 0.3) is 0 Å². The highest BCUT2D eigenvalue weighted by Crippen LogP contribution is 2.31. The van der Waals surface area contributed by atoms with Crippen molar-refractivity contribution in [3.8, 4) is 0 Å². The molecule has 0 aliphatic heterocycles. The lowest BCUT2D eigenvalue weighted by Gasteiger charge is -2.29. The molecule has 0 aromatic rings. The third-order valence-corrected chi connectivity index (χ3v) is 4.84. The van der Waals surface area contributed by atoms with Crippen molar-refractivity contribution in [2.45, 2.75) is 63.9 Å². The zero-order valence-corrected chi connectivity index (χ0v) is 12.1. The van der Waals surface area contributed by atoms with Crippen molar-refractivity contribution in [1.82, 2.24) is 0 Å². The molecule has 0 radical (unpaired) electrons. The van der Waals surface area contributed by atoms with E-state index < -0.39 is 8.07 Å². The van der Waals surface area contributed by atoms with Gasteiger partial charge in [0.1, 0.15) is 0 Å². The molecule has 1 aliphatic carbocycles. The van der Waals surface area contributed by atoms with Crippen molar-refractivity contribution in [2.24, 2.45) is 5.92 Å². The smallest absolute Gasteiger partial charge is 0.0848 e. The molecule has 1 saturated carbocycles. The second kappa shape index (κ2) is 5.86. The summed E-state index contributed by atoms with van der Waals surface area (Å²) in [5, 5.41) is 10.4. The van der Waals surface area contributed by atoms with Crippen molar-refractivity contribution in [3.63, 3.8) is 0 Å². The third-order valence-electron chi connectivity index (χ3n) is 3.40. The summed E-state index contributed by atoms with van der Waals surface area (Å²) in [5.41, 5.74) is 4.08. The van der Waals surface area contributed by atoms with Crippen molar-refractivity contribution in [2.75, 3.05) is 0 Å². The number of hydrogen-bond acceptors (Lipinski definition) is 1. The van der Waals surface area contributed by atoms with Crippen LogP contribution >= 0.6 is 0 Å². The van der Waals surface area contributed by atoms with Crippen LogP contribution in [-0.2, 0) is 0 Å². The molecule has 2 heteroatoms. The van der Waals surface area contributed by atoms with Crippen LogP contribution in [0.4, 0.5) is 0 Å². The maximum atomic E-state index is 10.4. The van der Waals surface area contributed by atoms with E-state index in [1.807, 2.05) is 0 Å². The molecule has 1 N–H and O–H groups in total. The summed E-state index contributed by atoms with van der Waals surface area (Å²) in [6, 6.07) is 1.04. The van der Waals surface area contributed by atoms with Gasteiger partial charge in [-0.15, -0.1) is 5.73 Å². The SMILES string of the molecule is C=C=C(C[Si](C)(C)C)[C@H](O)C1CCCCC1. The van der Waals surface area contributed by atoms with Crippen LogP contribution in [0.1, 0.15) is 32.1 Å². The molecule has 0 spiro atoms. The van der Waals surface area contributed by atoms with Gasteiger partial charge in [-0.1, -0.05) is 45.5 Å². The minimum Gasteiger partial charge on any atom is -0.388 e. The van der Waals surface area contributed by atoms with Crippen LogP contribution in [0.2, 0.25) is 25.7 Å². The van der Waals surface area contributed by atoms with E-state index in [4.69, 9.17) is 0 Å². The van der Waals surface area contributed by atoms with Crippen molar-refractivity contribution < 1.29 is 5.11 Å². The zero-order chi connectivity index (χ0) is 12.2. The first kappa shape index (κ1) is 13.8. The van der Waals surface area contributed by atoms with E-state index in [1.165, 1.54) is 32.1 Å². The Labute approximate surface area is 101 Å². The Morgan fingerprint density at radius 3 is 2.31 bits per heavy atom. The normalized spacial score (nSPS) is 20.2. The van der Waals surface area contributed by atoms with Gasteiger partial charge < -0.3 is 5.11 Å². The quantitative estimate of drug-likeness (QED) is 0.580. The summed E-state index contributed by atoms with van der Waals surface area (Å²) in [7, 11) is -1.17. The lowest BCUT2D eigenvalue weighted by molar-refractivity contribution is 0.115. The molecule has 0 aromatic heterocycles. The van der Waals surface area contributed by atoms with Gasteiger partial charge in [-0.3, -0.25) is 0 Å². The maximum absolute atomic E-state index is 10.4. The molecule has 0 heterocycles. The van der Waals surface area contributed by atoms with Gasteiger partial charge in [0, 0.05) is 8.07 Å². The monoisotopic (exact) mass is 238 g/mol. The van der Waals surface area contributed by atoms with Crippen LogP contribution in [-0.4, -0.2) is 19.3 Å². The first-order chi connectivity index (χ1) is 7.44. The first-order valence-electron chi connectivity index (χ1n) is 6.51. The minimum absolute atomic E-state index is 0.274. The fraction of sp³-hybridized carbons (Fsp3) is 0.786. The Hall–Kier alpha value is -0.303. The average Bonchev–Trinajstić information content (AvgIpc) is 2.25. The summed E-state index contributed by atoms with van der Waals surface area (Å²) in [5.74, 6) is 0.467. The van der Waals surface area contributed by atoms with Crippen molar-refractivity contribution in [3.05, 3.63) is 17.9 Å². The standard InChI is InChI=1S/C14H26OSi/c1-5-12(11-16(2,3)4)14(15)13-9-7-6-8-10-13/h13-15H,1,6-11H2,2-4H3/t14-/m0/s1. The Morgan fingerprint density at radius 1 is 1.31 bits per heavy atom. The molecule has 0 saturated heterocycles. The van der Waals surface area contributed by atoms with Gasteiger partial charge in [-0.05, 0) is 30.4 Å². The van der Waals surface area contributed by atoms with Gasteiger partial charge in [0.05, 0.1) is 6.10 Å². The van der Waals surface area contributed by atoms with E-state index in [0.717, 1.165) is 11.6 Å². The van der Waals surface area contributed by atoms with Crippen LogP contribution in [0.3, 0.4) is 0 Å². The minimum atomic E-state index is -1.17. The Morgan fingerprint density at radius 2 is 1.88 bits per heavy atom. The molecule has 1 fully saturated rings. The largest absolute Gasteiger partial charge is 0.388 e. The summed E-state index contributed by atoms with van der Waals surface area (Å²) in [6.07, 6.45) is 5.98.